The van der Waals surface area contributed by atoms with Gasteiger partial charge in [-0.25, -0.2) is 0 Å². The van der Waals surface area contributed by atoms with Gasteiger partial charge in [-0.3, -0.25) is 0 Å². The van der Waals surface area contributed by atoms with Gasteiger partial charge >= 0.3 is 0 Å². The summed E-state index contributed by atoms with van der Waals surface area (Å²) in [5, 5.41) is 10.3. The van der Waals surface area contributed by atoms with Gasteiger partial charge in [-0.05, 0) is 134 Å². The molecule has 0 aromatic heterocycles. The van der Waals surface area contributed by atoms with Crippen LogP contribution in [-0.2, 0) is 0 Å². The Morgan fingerprint density at radius 3 is 1.56 bits per heavy atom. The smallest absolute Gasteiger partial charge is 0.00137 e. The summed E-state index contributed by atoms with van der Waals surface area (Å²) in [6.07, 6.45) is 0. The molecule has 0 radical (unpaired) electrons. The van der Waals surface area contributed by atoms with Crippen LogP contribution in [-0.4, -0.2) is 0 Å². The van der Waals surface area contributed by atoms with Crippen molar-refractivity contribution in [1.82, 2.24) is 0 Å². The third kappa shape index (κ3) is 4.35. The highest BCUT2D eigenvalue weighted by Gasteiger charge is 2.27. The number of rotatable bonds is 4. The van der Waals surface area contributed by atoms with Gasteiger partial charge < -0.3 is 0 Å². The summed E-state index contributed by atoms with van der Waals surface area (Å²) < 4.78 is 0. The van der Waals surface area contributed by atoms with Crippen LogP contribution in [0.2, 0.25) is 0 Å². The Labute approximate surface area is 302 Å². The number of fused-ring (bicyclic) bond motifs is 8. The van der Waals surface area contributed by atoms with E-state index in [2.05, 4.69) is 194 Å². The van der Waals surface area contributed by atoms with Crippen molar-refractivity contribution in [2.24, 2.45) is 0 Å². The number of hydrogen-bond acceptors (Lipinski definition) is 0. The van der Waals surface area contributed by atoms with E-state index in [0.29, 0.717) is 0 Å². The molecule has 0 unspecified atom stereocenters. The molecule has 0 bridgehead atoms. The highest BCUT2D eigenvalue weighted by Crippen LogP contribution is 2.55. The number of hydrogen-bond donors (Lipinski definition) is 0. The minimum absolute atomic E-state index is 1.23. The molecule has 0 heterocycles. The van der Waals surface area contributed by atoms with Crippen molar-refractivity contribution in [3.63, 3.8) is 0 Å². The molecular weight excluding hydrogens is 625 g/mol. The molecule has 0 spiro atoms. The fourth-order valence-corrected chi connectivity index (χ4v) is 8.79. The Morgan fingerprint density at radius 1 is 0.212 bits per heavy atom. The summed E-state index contributed by atoms with van der Waals surface area (Å²) in [5.74, 6) is 0. The molecule has 1 aliphatic rings. The van der Waals surface area contributed by atoms with Gasteiger partial charge in [0.2, 0.25) is 0 Å². The van der Waals surface area contributed by atoms with E-state index >= 15 is 0 Å². The van der Waals surface area contributed by atoms with Crippen molar-refractivity contribution < 1.29 is 0 Å². The average molecular weight is 657 g/mol. The molecule has 240 valence electrons. The summed E-state index contributed by atoms with van der Waals surface area (Å²) in [6, 6.07) is 71.8. The molecule has 10 aromatic carbocycles. The van der Waals surface area contributed by atoms with E-state index in [-0.39, 0.29) is 0 Å². The number of benzene rings is 10. The van der Waals surface area contributed by atoms with E-state index in [0.717, 1.165) is 0 Å². The second kappa shape index (κ2) is 11.4. The summed E-state index contributed by atoms with van der Waals surface area (Å²) >= 11 is 0. The van der Waals surface area contributed by atoms with Gasteiger partial charge in [-0.1, -0.05) is 170 Å². The summed E-state index contributed by atoms with van der Waals surface area (Å²) in [4.78, 5) is 0. The second-order valence-electron chi connectivity index (χ2n) is 14.0. The van der Waals surface area contributed by atoms with Crippen LogP contribution >= 0.6 is 0 Å². The SMILES string of the molecule is c1ccc(-c2ccc3c(c2)-c2cc4c5ccc(-c6ccccc6)cc5c(-c5cccc6ccccc56)cc4c4ccc(-c5ccccc5)c-3c24)cc1. The third-order valence-electron chi connectivity index (χ3n) is 11.2. The molecule has 0 fully saturated rings. The van der Waals surface area contributed by atoms with E-state index in [1.807, 2.05) is 0 Å². The first-order chi connectivity index (χ1) is 25.8. The topological polar surface area (TPSA) is 0 Å². The Kier molecular flexibility index (Phi) is 6.35. The highest BCUT2D eigenvalue weighted by atomic mass is 14.3. The Morgan fingerprint density at radius 2 is 0.788 bits per heavy atom. The van der Waals surface area contributed by atoms with E-state index in [1.54, 1.807) is 0 Å². The first kappa shape index (κ1) is 29.0. The molecular formula is C52H32. The van der Waals surface area contributed by atoms with Crippen LogP contribution in [0, 0.1) is 0 Å². The van der Waals surface area contributed by atoms with Crippen molar-refractivity contribution in [2.45, 2.75) is 0 Å². The van der Waals surface area contributed by atoms with Crippen molar-refractivity contribution in [3.8, 4) is 66.8 Å². The molecule has 11 rings (SSSR count). The zero-order valence-electron chi connectivity index (χ0n) is 28.5. The lowest BCUT2D eigenvalue weighted by Gasteiger charge is -2.17. The second-order valence-corrected chi connectivity index (χ2v) is 14.0. The largest absolute Gasteiger partial charge is 0.0622 e. The molecule has 0 saturated heterocycles. The van der Waals surface area contributed by atoms with Gasteiger partial charge in [0.25, 0.3) is 0 Å². The van der Waals surface area contributed by atoms with Crippen LogP contribution in [0.5, 0.6) is 0 Å². The Bertz CT molecular complexity index is 3020. The maximum atomic E-state index is 2.49. The van der Waals surface area contributed by atoms with Gasteiger partial charge in [0.05, 0.1) is 0 Å². The Hall–Kier alpha value is -6.76. The quantitative estimate of drug-likeness (QED) is 0.165. The zero-order valence-corrected chi connectivity index (χ0v) is 28.5. The molecule has 0 heteroatoms. The first-order valence-corrected chi connectivity index (χ1v) is 18.1. The van der Waals surface area contributed by atoms with E-state index in [4.69, 9.17) is 0 Å². The summed E-state index contributed by atoms with van der Waals surface area (Å²) in [5.41, 5.74) is 15.2. The summed E-state index contributed by atoms with van der Waals surface area (Å²) in [6.45, 7) is 0. The molecule has 0 nitrogen and oxygen atoms in total. The zero-order chi connectivity index (χ0) is 34.2. The maximum Gasteiger partial charge on any atom is -0.00137 e. The first-order valence-electron chi connectivity index (χ1n) is 18.1. The molecule has 0 amide bonds. The van der Waals surface area contributed by atoms with Crippen molar-refractivity contribution in [1.29, 1.82) is 0 Å². The fraction of sp³-hybridized carbons (Fsp3) is 0. The molecule has 0 saturated carbocycles. The van der Waals surface area contributed by atoms with Crippen LogP contribution < -0.4 is 0 Å². The molecule has 52 heavy (non-hydrogen) atoms. The maximum absolute atomic E-state index is 2.49. The normalized spacial score (nSPS) is 11.8. The van der Waals surface area contributed by atoms with E-state index in [1.165, 1.54) is 110 Å². The van der Waals surface area contributed by atoms with E-state index in [9.17, 15) is 0 Å². The highest BCUT2D eigenvalue weighted by molar-refractivity contribution is 6.31. The summed E-state index contributed by atoms with van der Waals surface area (Å²) in [7, 11) is 0. The predicted octanol–water partition coefficient (Wildman–Crippen LogP) is 14.6. The molecule has 10 aromatic rings. The molecule has 1 aliphatic carbocycles. The lowest BCUT2D eigenvalue weighted by Crippen LogP contribution is -1.90. The van der Waals surface area contributed by atoms with Gasteiger partial charge in [-0.15, -0.1) is 0 Å². The molecule has 0 N–H and O–H groups in total. The lowest BCUT2D eigenvalue weighted by molar-refractivity contribution is 1.61. The van der Waals surface area contributed by atoms with E-state index < -0.39 is 0 Å². The minimum atomic E-state index is 1.23. The van der Waals surface area contributed by atoms with Crippen molar-refractivity contribution in [3.05, 3.63) is 194 Å². The lowest BCUT2D eigenvalue weighted by atomic mass is 9.86. The van der Waals surface area contributed by atoms with Gasteiger partial charge in [-0.2, -0.15) is 0 Å². The fourth-order valence-electron chi connectivity index (χ4n) is 8.79. The predicted molar refractivity (Wildman–Crippen MR) is 223 cm³/mol. The monoisotopic (exact) mass is 656 g/mol. The van der Waals surface area contributed by atoms with Crippen molar-refractivity contribution >= 4 is 43.1 Å². The van der Waals surface area contributed by atoms with Crippen LogP contribution in [0.1, 0.15) is 0 Å². The van der Waals surface area contributed by atoms with Crippen molar-refractivity contribution in [2.75, 3.05) is 0 Å². The van der Waals surface area contributed by atoms with Gasteiger partial charge in [0, 0.05) is 0 Å². The van der Waals surface area contributed by atoms with Crippen LogP contribution in [0.4, 0.5) is 0 Å². The Balaban J connectivity index is 1.28. The van der Waals surface area contributed by atoms with Gasteiger partial charge in [0.15, 0.2) is 0 Å². The standard InChI is InChI=1S/C52H32/c1-4-13-33(14-5-1)37-23-25-42-45(29-37)47(41-22-12-20-35-19-10-11-21-39(35)41)31-49-44-28-27-40(36-17-8-3-9-18-36)51-43-26-24-38(34-15-6-2-7-16-34)30-46(43)50(52(44)51)32-48(42)49/h1-32H. The van der Waals surface area contributed by atoms with Crippen LogP contribution in [0.3, 0.4) is 0 Å². The van der Waals surface area contributed by atoms with Crippen LogP contribution in [0.15, 0.2) is 194 Å². The van der Waals surface area contributed by atoms with Gasteiger partial charge in [0.1, 0.15) is 0 Å². The molecule has 0 aliphatic heterocycles. The average Bonchev–Trinajstić information content (AvgIpc) is 3.55. The third-order valence-corrected chi connectivity index (χ3v) is 11.2. The van der Waals surface area contributed by atoms with Crippen LogP contribution in [0.25, 0.3) is 110 Å². The molecule has 0 atom stereocenters. The minimum Gasteiger partial charge on any atom is -0.0622 e.